The Balaban J connectivity index is 0.00000144. The molecule has 1 rings (SSSR count). The summed E-state index contributed by atoms with van der Waals surface area (Å²) in [5.74, 6) is 0.735. The third-order valence-corrected chi connectivity index (χ3v) is 1.56. The van der Waals surface area contributed by atoms with Crippen LogP contribution in [-0.2, 0) is 6.42 Å². The predicted molar refractivity (Wildman–Crippen MR) is 52.7 cm³/mol. The largest absolute Gasteiger partial charge is 0.396 e. The zero-order valence-corrected chi connectivity index (χ0v) is 8.07. The fourth-order valence-corrected chi connectivity index (χ4v) is 0.938. The molecule has 0 aromatic carbocycles. The molecule has 0 spiro atoms. The summed E-state index contributed by atoms with van der Waals surface area (Å²) in [6, 6.07) is 1.72. The van der Waals surface area contributed by atoms with Gasteiger partial charge in [0, 0.05) is 31.5 Å². The number of aliphatic hydroxyl groups excluding tert-OH is 1. The van der Waals surface area contributed by atoms with Gasteiger partial charge in [0.15, 0.2) is 0 Å². The van der Waals surface area contributed by atoms with Crippen molar-refractivity contribution >= 4 is 12.4 Å². The van der Waals surface area contributed by atoms with Crippen LogP contribution in [0.5, 0.6) is 0 Å². The molecule has 0 aliphatic carbocycles. The van der Waals surface area contributed by atoms with E-state index >= 15 is 0 Å². The Morgan fingerprint density at radius 1 is 1.38 bits per heavy atom. The Hall–Kier alpha value is -0.710. The van der Waals surface area contributed by atoms with Gasteiger partial charge in [-0.3, -0.25) is 0 Å². The van der Waals surface area contributed by atoms with Gasteiger partial charge >= 0.3 is 0 Å². The van der Waals surface area contributed by atoms with Gasteiger partial charge in [-0.2, -0.15) is 0 Å². The van der Waals surface area contributed by atoms with Crippen LogP contribution in [0.2, 0.25) is 0 Å². The zero-order chi connectivity index (χ0) is 8.81. The lowest BCUT2D eigenvalue weighted by Gasteiger charge is -2.07. The lowest BCUT2D eigenvalue weighted by Crippen LogP contribution is -2.24. The summed E-state index contributed by atoms with van der Waals surface area (Å²) in [7, 11) is 0. The summed E-state index contributed by atoms with van der Waals surface area (Å²) >= 11 is 0. The summed E-state index contributed by atoms with van der Waals surface area (Å²) in [5.41, 5.74) is 5.68. The van der Waals surface area contributed by atoms with Crippen molar-refractivity contribution in [2.24, 2.45) is 5.73 Å². The molecular formula is C8H14ClN3O. The minimum absolute atomic E-state index is 0. The van der Waals surface area contributed by atoms with Gasteiger partial charge in [0.05, 0.1) is 0 Å². The minimum Gasteiger partial charge on any atom is -0.396 e. The van der Waals surface area contributed by atoms with E-state index in [0.29, 0.717) is 12.8 Å². The fraction of sp³-hybridized carbons (Fsp3) is 0.500. The maximum atomic E-state index is 8.59. The number of aromatic nitrogens is 2. The Morgan fingerprint density at radius 3 is 2.54 bits per heavy atom. The van der Waals surface area contributed by atoms with Crippen molar-refractivity contribution in [3.05, 3.63) is 24.3 Å². The fourth-order valence-electron chi connectivity index (χ4n) is 0.938. The highest BCUT2D eigenvalue weighted by molar-refractivity contribution is 5.85. The maximum absolute atomic E-state index is 8.59. The van der Waals surface area contributed by atoms with Gasteiger partial charge in [-0.15, -0.1) is 12.4 Å². The quantitative estimate of drug-likeness (QED) is 0.731. The Bertz CT molecular complexity index is 220. The van der Waals surface area contributed by atoms with E-state index in [4.69, 9.17) is 10.8 Å². The second kappa shape index (κ2) is 6.77. The molecule has 0 saturated heterocycles. The summed E-state index contributed by atoms with van der Waals surface area (Å²) in [6.07, 6.45) is 4.60. The van der Waals surface area contributed by atoms with E-state index in [0.717, 1.165) is 5.82 Å². The minimum atomic E-state index is -0.0441. The third kappa shape index (κ3) is 4.77. The number of aliphatic hydroxyl groups is 1. The predicted octanol–water partition coefficient (Wildman–Crippen LogP) is 0.151. The molecular weight excluding hydrogens is 190 g/mol. The van der Waals surface area contributed by atoms with Crippen molar-refractivity contribution in [1.29, 1.82) is 0 Å². The monoisotopic (exact) mass is 203 g/mol. The van der Waals surface area contributed by atoms with Crippen LogP contribution in [0, 0.1) is 0 Å². The first kappa shape index (κ1) is 12.3. The molecule has 0 radical (unpaired) electrons. The van der Waals surface area contributed by atoms with E-state index in [9.17, 15) is 0 Å². The van der Waals surface area contributed by atoms with Crippen LogP contribution in [0.4, 0.5) is 0 Å². The van der Waals surface area contributed by atoms with Crippen LogP contribution in [-0.4, -0.2) is 27.7 Å². The van der Waals surface area contributed by atoms with Crippen LogP contribution in [0.1, 0.15) is 12.2 Å². The second-order valence-corrected chi connectivity index (χ2v) is 2.64. The first-order valence-corrected chi connectivity index (χ1v) is 3.95. The molecule has 0 aliphatic heterocycles. The SMILES string of the molecule is Cl.N[C@@H](CCO)Cc1ncccn1. The van der Waals surface area contributed by atoms with Crippen molar-refractivity contribution in [2.75, 3.05) is 6.61 Å². The van der Waals surface area contributed by atoms with Crippen LogP contribution in [0.3, 0.4) is 0 Å². The van der Waals surface area contributed by atoms with Gasteiger partial charge in [0.2, 0.25) is 0 Å². The van der Waals surface area contributed by atoms with Gasteiger partial charge in [-0.05, 0) is 12.5 Å². The molecule has 0 saturated carbocycles. The highest BCUT2D eigenvalue weighted by Crippen LogP contribution is 1.96. The van der Waals surface area contributed by atoms with E-state index in [2.05, 4.69) is 9.97 Å². The zero-order valence-electron chi connectivity index (χ0n) is 7.26. The molecule has 0 fully saturated rings. The Labute approximate surface area is 83.6 Å². The number of hydrogen-bond donors (Lipinski definition) is 2. The molecule has 5 heteroatoms. The van der Waals surface area contributed by atoms with Gasteiger partial charge in [-0.1, -0.05) is 0 Å². The van der Waals surface area contributed by atoms with Crippen molar-refractivity contribution in [3.63, 3.8) is 0 Å². The number of nitrogens with zero attached hydrogens (tertiary/aromatic N) is 2. The van der Waals surface area contributed by atoms with Gasteiger partial charge in [0.25, 0.3) is 0 Å². The van der Waals surface area contributed by atoms with Crippen molar-refractivity contribution in [1.82, 2.24) is 9.97 Å². The molecule has 1 aromatic rings. The van der Waals surface area contributed by atoms with Crippen LogP contribution in [0.15, 0.2) is 18.5 Å². The summed E-state index contributed by atoms with van der Waals surface area (Å²) < 4.78 is 0. The number of halogens is 1. The lowest BCUT2D eigenvalue weighted by atomic mass is 10.1. The molecule has 4 nitrogen and oxygen atoms in total. The molecule has 3 N–H and O–H groups in total. The average Bonchev–Trinajstić information content (AvgIpc) is 2.06. The molecule has 74 valence electrons. The number of hydrogen-bond acceptors (Lipinski definition) is 4. The molecule has 1 heterocycles. The molecule has 1 aromatic heterocycles. The number of rotatable bonds is 4. The second-order valence-electron chi connectivity index (χ2n) is 2.64. The third-order valence-electron chi connectivity index (χ3n) is 1.56. The first-order chi connectivity index (χ1) is 5.83. The first-order valence-electron chi connectivity index (χ1n) is 3.95. The Morgan fingerprint density at radius 2 is 2.00 bits per heavy atom. The molecule has 0 bridgehead atoms. The normalized spacial score (nSPS) is 11.8. The highest BCUT2D eigenvalue weighted by Gasteiger charge is 2.03. The Kier molecular flexibility index (Phi) is 6.40. The molecule has 13 heavy (non-hydrogen) atoms. The molecule has 0 unspecified atom stereocenters. The highest BCUT2D eigenvalue weighted by atomic mass is 35.5. The number of nitrogens with two attached hydrogens (primary N) is 1. The van der Waals surface area contributed by atoms with Crippen molar-refractivity contribution in [3.8, 4) is 0 Å². The standard InChI is InChI=1S/C8H13N3O.ClH/c9-7(2-5-12)6-8-10-3-1-4-11-8;/h1,3-4,7,12H,2,5-6,9H2;1H/t7-;/m0./s1. The smallest absolute Gasteiger partial charge is 0.129 e. The van der Waals surface area contributed by atoms with E-state index in [-0.39, 0.29) is 25.1 Å². The van der Waals surface area contributed by atoms with Crippen molar-refractivity contribution in [2.45, 2.75) is 18.9 Å². The topological polar surface area (TPSA) is 72.0 Å². The summed E-state index contributed by atoms with van der Waals surface area (Å²) in [6.45, 7) is 0.119. The van der Waals surface area contributed by atoms with E-state index in [1.807, 2.05) is 0 Å². The van der Waals surface area contributed by atoms with E-state index in [1.54, 1.807) is 18.5 Å². The van der Waals surface area contributed by atoms with Gasteiger partial charge in [-0.25, -0.2) is 9.97 Å². The summed E-state index contributed by atoms with van der Waals surface area (Å²) in [5, 5.41) is 8.59. The van der Waals surface area contributed by atoms with E-state index < -0.39 is 0 Å². The van der Waals surface area contributed by atoms with Gasteiger partial charge in [0.1, 0.15) is 5.82 Å². The van der Waals surface area contributed by atoms with Crippen LogP contribution < -0.4 is 5.73 Å². The van der Waals surface area contributed by atoms with Crippen LogP contribution >= 0.6 is 12.4 Å². The average molecular weight is 204 g/mol. The van der Waals surface area contributed by atoms with Gasteiger partial charge < -0.3 is 10.8 Å². The van der Waals surface area contributed by atoms with E-state index in [1.165, 1.54) is 0 Å². The molecule has 1 atom stereocenters. The lowest BCUT2D eigenvalue weighted by molar-refractivity contribution is 0.275. The molecule has 0 amide bonds. The maximum Gasteiger partial charge on any atom is 0.129 e. The molecule has 0 aliphatic rings. The van der Waals surface area contributed by atoms with Crippen molar-refractivity contribution < 1.29 is 5.11 Å². The van der Waals surface area contributed by atoms with Crippen LogP contribution in [0.25, 0.3) is 0 Å². The summed E-state index contributed by atoms with van der Waals surface area (Å²) in [4.78, 5) is 8.06.